The van der Waals surface area contributed by atoms with E-state index in [-0.39, 0.29) is 6.61 Å². The molecule has 2 nitrogen and oxygen atoms in total. The fourth-order valence-corrected chi connectivity index (χ4v) is 0.412. The Morgan fingerprint density at radius 2 is 2.22 bits per heavy atom. The number of halogens is 3. The van der Waals surface area contributed by atoms with Gasteiger partial charge in [0.15, 0.2) is 0 Å². The van der Waals surface area contributed by atoms with E-state index >= 15 is 0 Å². The first-order valence-electron chi connectivity index (χ1n) is 2.12. The summed E-state index contributed by atoms with van der Waals surface area (Å²) in [5.74, 6) is -0.504. The van der Waals surface area contributed by atoms with E-state index in [1.807, 2.05) is 0 Å². The molecule has 0 aliphatic carbocycles. The molecule has 0 radical (unpaired) electrons. The molecule has 0 N–H and O–H groups in total. The zero-order chi connectivity index (χ0) is 7.49. The second kappa shape index (κ2) is 3.51. The summed E-state index contributed by atoms with van der Waals surface area (Å²) in [7, 11) is 0. The van der Waals surface area contributed by atoms with Crippen LogP contribution in [0.25, 0.3) is 0 Å². The number of carbonyl (C=O) groups excluding carboxylic acids is 1. The summed E-state index contributed by atoms with van der Waals surface area (Å²) in [6, 6.07) is 0. The summed E-state index contributed by atoms with van der Waals surface area (Å²) in [5.41, 5.74) is 0. The summed E-state index contributed by atoms with van der Waals surface area (Å²) in [6.07, 6.45) is 0. The normalized spacial score (nSPS) is 11.1. The standard InChI is InChI=1S/C4H5Br2FO2/c1-3(8)9-2-4(5,6)7/h2H2,1H3. The van der Waals surface area contributed by atoms with Gasteiger partial charge in [0.2, 0.25) is 0 Å². The van der Waals surface area contributed by atoms with Crippen molar-refractivity contribution in [2.75, 3.05) is 6.61 Å². The van der Waals surface area contributed by atoms with E-state index in [2.05, 4.69) is 36.6 Å². The maximum Gasteiger partial charge on any atom is 0.302 e. The Morgan fingerprint density at radius 3 is 2.33 bits per heavy atom. The quantitative estimate of drug-likeness (QED) is 0.563. The molecule has 0 aliphatic rings. The van der Waals surface area contributed by atoms with Crippen LogP contribution in [0.2, 0.25) is 0 Å². The van der Waals surface area contributed by atoms with Crippen molar-refractivity contribution in [1.29, 1.82) is 0 Å². The van der Waals surface area contributed by atoms with Crippen molar-refractivity contribution >= 4 is 37.8 Å². The van der Waals surface area contributed by atoms with Gasteiger partial charge in [-0.05, 0) is 31.9 Å². The van der Waals surface area contributed by atoms with Gasteiger partial charge in [-0.2, -0.15) is 0 Å². The Balaban J connectivity index is 3.39. The third-order valence-corrected chi connectivity index (χ3v) is 0.897. The lowest BCUT2D eigenvalue weighted by molar-refractivity contribution is -0.141. The van der Waals surface area contributed by atoms with Crippen molar-refractivity contribution < 1.29 is 13.9 Å². The van der Waals surface area contributed by atoms with Crippen molar-refractivity contribution in [2.45, 2.75) is 10.4 Å². The van der Waals surface area contributed by atoms with E-state index in [1.54, 1.807) is 0 Å². The molecule has 0 rings (SSSR count). The lowest BCUT2D eigenvalue weighted by atomic mass is 10.7. The van der Waals surface area contributed by atoms with Crippen molar-refractivity contribution in [3.8, 4) is 0 Å². The molecule has 0 amide bonds. The van der Waals surface area contributed by atoms with Gasteiger partial charge in [-0.25, -0.2) is 4.39 Å². The molecule has 0 aromatic carbocycles. The number of ether oxygens (including phenoxy) is 1. The van der Waals surface area contributed by atoms with Gasteiger partial charge in [-0.1, -0.05) is 0 Å². The lowest BCUT2D eigenvalue weighted by Gasteiger charge is -2.08. The predicted molar refractivity (Wildman–Crippen MR) is 38.3 cm³/mol. The maximum atomic E-state index is 12.3. The van der Waals surface area contributed by atoms with Gasteiger partial charge >= 0.3 is 5.97 Å². The summed E-state index contributed by atoms with van der Waals surface area (Å²) in [4.78, 5) is 10.1. The van der Waals surface area contributed by atoms with Gasteiger partial charge in [0, 0.05) is 6.92 Å². The van der Waals surface area contributed by atoms with Crippen molar-refractivity contribution in [3.05, 3.63) is 0 Å². The Kier molecular flexibility index (Phi) is 3.65. The van der Waals surface area contributed by atoms with Crippen LogP contribution < -0.4 is 0 Å². The lowest BCUT2D eigenvalue weighted by Crippen LogP contribution is -2.15. The van der Waals surface area contributed by atoms with Gasteiger partial charge in [0.25, 0.3) is 3.49 Å². The van der Waals surface area contributed by atoms with Crippen molar-refractivity contribution in [2.24, 2.45) is 0 Å². The van der Waals surface area contributed by atoms with E-state index in [4.69, 9.17) is 0 Å². The minimum atomic E-state index is -1.79. The second-order valence-electron chi connectivity index (χ2n) is 1.40. The van der Waals surface area contributed by atoms with E-state index in [0.717, 1.165) is 0 Å². The fraction of sp³-hybridized carbons (Fsp3) is 0.750. The first kappa shape index (κ1) is 9.36. The molecule has 0 unspecified atom stereocenters. The molecule has 0 saturated carbocycles. The molecular formula is C4H5Br2FO2. The fourth-order valence-electron chi connectivity index (χ4n) is 0.183. The van der Waals surface area contributed by atoms with Crippen LogP contribution >= 0.6 is 31.9 Å². The summed E-state index contributed by atoms with van der Waals surface area (Å²) < 4.78 is 14.8. The topological polar surface area (TPSA) is 26.3 Å². The molecule has 0 atom stereocenters. The number of hydrogen-bond donors (Lipinski definition) is 0. The molecule has 0 bridgehead atoms. The maximum absolute atomic E-state index is 12.3. The van der Waals surface area contributed by atoms with E-state index in [9.17, 15) is 9.18 Å². The van der Waals surface area contributed by atoms with E-state index < -0.39 is 9.46 Å². The van der Waals surface area contributed by atoms with E-state index in [1.165, 1.54) is 6.92 Å². The van der Waals surface area contributed by atoms with E-state index in [0.29, 0.717) is 0 Å². The van der Waals surface area contributed by atoms with Crippen LogP contribution in [0.15, 0.2) is 0 Å². The van der Waals surface area contributed by atoms with Crippen LogP contribution in [0, 0.1) is 0 Å². The first-order chi connectivity index (χ1) is 3.92. The molecule has 0 heterocycles. The average molecular weight is 264 g/mol. The zero-order valence-electron chi connectivity index (χ0n) is 4.66. The van der Waals surface area contributed by atoms with Crippen LogP contribution in [0.4, 0.5) is 4.39 Å². The molecular weight excluding hydrogens is 259 g/mol. The van der Waals surface area contributed by atoms with Gasteiger partial charge < -0.3 is 4.74 Å². The highest BCUT2D eigenvalue weighted by Crippen LogP contribution is 2.27. The number of alkyl halides is 3. The van der Waals surface area contributed by atoms with Gasteiger partial charge in [-0.3, -0.25) is 4.79 Å². The summed E-state index contributed by atoms with van der Waals surface area (Å²) in [6.45, 7) is 0.883. The molecule has 5 heteroatoms. The predicted octanol–water partition coefficient (Wildman–Crippen LogP) is 1.96. The number of esters is 1. The molecule has 54 valence electrons. The molecule has 0 aromatic rings. The molecule has 0 aliphatic heterocycles. The van der Waals surface area contributed by atoms with Crippen molar-refractivity contribution in [3.63, 3.8) is 0 Å². The Morgan fingerprint density at radius 1 is 1.78 bits per heavy atom. The third-order valence-electron chi connectivity index (χ3n) is 0.439. The van der Waals surface area contributed by atoms with Crippen molar-refractivity contribution in [1.82, 2.24) is 0 Å². The number of rotatable bonds is 2. The molecule has 0 spiro atoms. The van der Waals surface area contributed by atoms with Gasteiger partial charge in [0.1, 0.15) is 6.61 Å². The average Bonchev–Trinajstić information content (AvgIpc) is 1.59. The van der Waals surface area contributed by atoms with Crippen LogP contribution in [0.1, 0.15) is 6.92 Å². The van der Waals surface area contributed by atoms with Crippen LogP contribution in [0.3, 0.4) is 0 Å². The molecule has 0 saturated heterocycles. The minimum Gasteiger partial charge on any atom is -0.461 e. The SMILES string of the molecule is CC(=O)OCC(F)(Br)Br. The van der Waals surface area contributed by atoms with Crippen LogP contribution in [-0.4, -0.2) is 16.1 Å². The summed E-state index contributed by atoms with van der Waals surface area (Å²) in [5, 5.41) is 0. The zero-order valence-corrected chi connectivity index (χ0v) is 7.83. The van der Waals surface area contributed by atoms with Crippen LogP contribution in [0.5, 0.6) is 0 Å². The smallest absolute Gasteiger partial charge is 0.302 e. The molecule has 0 aromatic heterocycles. The largest absolute Gasteiger partial charge is 0.461 e. The highest BCUT2D eigenvalue weighted by Gasteiger charge is 2.21. The molecule has 0 fully saturated rings. The van der Waals surface area contributed by atoms with Crippen LogP contribution in [-0.2, 0) is 9.53 Å². The highest BCUT2D eigenvalue weighted by molar-refractivity contribution is 9.25. The second-order valence-corrected chi connectivity index (χ2v) is 4.97. The van der Waals surface area contributed by atoms with Gasteiger partial charge in [0.05, 0.1) is 0 Å². The Labute approximate surface area is 69.0 Å². The van der Waals surface area contributed by atoms with Gasteiger partial charge in [-0.15, -0.1) is 0 Å². The minimum absolute atomic E-state index is 0.331. The third kappa shape index (κ3) is 8.36. The monoisotopic (exact) mass is 262 g/mol. The first-order valence-corrected chi connectivity index (χ1v) is 3.70. The number of carbonyl (C=O) groups is 1. The molecule has 9 heavy (non-hydrogen) atoms. The Hall–Kier alpha value is 0.360. The number of hydrogen-bond acceptors (Lipinski definition) is 2. The summed E-state index contributed by atoms with van der Waals surface area (Å²) >= 11 is 5.16. The Bertz CT molecular complexity index is 110. The highest BCUT2D eigenvalue weighted by atomic mass is 79.9.